The van der Waals surface area contributed by atoms with Gasteiger partial charge in [0.15, 0.2) is 0 Å². The number of hydrogen-bond acceptors (Lipinski definition) is 0. The third-order valence-corrected chi connectivity index (χ3v) is 3.81. The van der Waals surface area contributed by atoms with Gasteiger partial charge in [0, 0.05) is 21.8 Å². The highest BCUT2D eigenvalue weighted by atomic mass is 19.4. The molecule has 0 aliphatic carbocycles. The Balaban J connectivity index is 2.19. The van der Waals surface area contributed by atoms with Gasteiger partial charge in [-0.05, 0) is 35.0 Å². The second-order valence-corrected chi connectivity index (χ2v) is 5.09. The largest absolute Gasteiger partial charge is 0.416 e. The maximum absolute atomic E-state index is 12.9. The Labute approximate surface area is 118 Å². The second-order valence-electron chi connectivity index (χ2n) is 5.09. The van der Waals surface area contributed by atoms with Crippen LogP contribution in [0.3, 0.4) is 0 Å². The average molecular weight is 285 g/mol. The number of benzene rings is 3. The zero-order valence-corrected chi connectivity index (χ0v) is 10.8. The summed E-state index contributed by atoms with van der Waals surface area (Å²) in [6, 6.07) is 15.4. The van der Waals surface area contributed by atoms with Crippen molar-refractivity contribution in [1.29, 1.82) is 0 Å². The Morgan fingerprint density at radius 2 is 1.52 bits per heavy atom. The molecule has 0 saturated carbocycles. The number of alkyl halides is 3. The van der Waals surface area contributed by atoms with Crippen molar-refractivity contribution in [3.63, 3.8) is 0 Å². The third kappa shape index (κ3) is 1.79. The van der Waals surface area contributed by atoms with E-state index in [2.05, 4.69) is 4.98 Å². The molecule has 4 aromatic rings. The molecule has 3 aromatic carbocycles. The summed E-state index contributed by atoms with van der Waals surface area (Å²) < 4.78 is 38.8. The molecule has 0 amide bonds. The van der Waals surface area contributed by atoms with Crippen LogP contribution in [0.2, 0.25) is 0 Å². The van der Waals surface area contributed by atoms with Crippen molar-refractivity contribution < 1.29 is 13.2 Å². The number of H-pyrrole nitrogens is 1. The van der Waals surface area contributed by atoms with Crippen molar-refractivity contribution in [1.82, 2.24) is 4.98 Å². The molecule has 4 rings (SSSR count). The van der Waals surface area contributed by atoms with Crippen molar-refractivity contribution in [3.8, 4) is 0 Å². The van der Waals surface area contributed by atoms with E-state index < -0.39 is 11.7 Å². The quantitative estimate of drug-likeness (QED) is 0.439. The van der Waals surface area contributed by atoms with Crippen LogP contribution < -0.4 is 0 Å². The van der Waals surface area contributed by atoms with Gasteiger partial charge in [0.25, 0.3) is 0 Å². The number of fused-ring (bicyclic) bond motifs is 5. The molecule has 0 aliphatic rings. The molecule has 1 heterocycles. The summed E-state index contributed by atoms with van der Waals surface area (Å²) in [5.74, 6) is 0. The molecule has 1 nitrogen and oxygen atoms in total. The molecule has 0 atom stereocenters. The van der Waals surface area contributed by atoms with Crippen LogP contribution in [0.5, 0.6) is 0 Å². The van der Waals surface area contributed by atoms with Gasteiger partial charge < -0.3 is 4.98 Å². The van der Waals surface area contributed by atoms with Crippen molar-refractivity contribution in [2.45, 2.75) is 6.18 Å². The van der Waals surface area contributed by atoms with Gasteiger partial charge >= 0.3 is 6.18 Å². The van der Waals surface area contributed by atoms with Gasteiger partial charge in [0.2, 0.25) is 0 Å². The molecule has 0 saturated heterocycles. The number of rotatable bonds is 0. The van der Waals surface area contributed by atoms with E-state index in [1.54, 1.807) is 0 Å². The number of halogens is 3. The lowest BCUT2D eigenvalue weighted by Crippen LogP contribution is -2.03. The summed E-state index contributed by atoms with van der Waals surface area (Å²) in [6.45, 7) is 0. The summed E-state index contributed by atoms with van der Waals surface area (Å²) in [4.78, 5) is 3.18. The predicted molar refractivity (Wildman–Crippen MR) is 78.3 cm³/mol. The molecule has 104 valence electrons. The van der Waals surface area contributed by atoms with E-state index in [1.807, 2.05) is 36.4 Å². The number of hydrogen-bond donors (Lipinski definition) is 1. The first-order chi connectivity index (χ1) is 10.0. The van der Waals surface area contributed by atoms with E-state index in [0.717, 1.165) is 27.7 Å². The van der Waals surface area contributed by atoms with Gasteiger partial charge in [-0.25, -0.2) is 0 Å². The minimum Gasteiger partial charge on any atom is -0.354 e. The van der Waals surface area contributed by atoms with E-state index in [0.29, 0.717) is 10.9 Å². The molecular weight excluding hydrogens is 275 g/mol. The molecule has 0 fully saturated rings. The second kappa shape index (κ2) is 4.01. The van der Waals surface area contributed by atoms with Crippen molar-refractivity contribution in [2.75, 3.05) is 0 Å². The van der Waals surface area contributed by atoms with Gasteiger partial charge in [-0.3, -0.25) is 0 Å². The van der Waals surface area contributed by atoms with Crippen LogP contribution in [-0.4, -0.2) is 4.98 Å². The lowest BCUT2D eigenvalue weighted by atomic mass is 10.0. The van der Waals surface area contributed by atoms with Crippen LogP contribution in [0, 0.1) is 0 Å². The fraction of sp³-hybridized carbons (Fsp3) is 0.0588. The lowest BCUT2D eigenvalue weighted by Gasteiger charge is -2.06. The van der Waals surface area contributed by atoms with Crippen LogP contribution >= 0.6 is 0 Å². The zero-order valence-electron chi connectivity index (χ0n) is 10.8. The average Bonchev–Trinajstić information content (AvgIpc) is 2.84. The zero-order chi connectivity index (χ0) is 14.6. The van der Waals surface area contributed by atoms with Gasteiger partial charge in [-0.15, -0.1) is 0 Å². The monoisotopic (exact) mass is 285 g/mol. The molecule has 0 aliphatic heterocycles. The molecule has 21 heavy (non-hydrogen) atoms. The SMILES string of the molecule is FC(F)(F)c1ccc2[nH]c3ccc4ccccc4c3c2c1. The molecule has 1 aromatic heterocycles. The van der Waals surface area contributed by atoms with Crippen LogP contribution in [0.25, 0.3) is 32.6 Å². The summed E-state index contributed by atoms with van der Waals surface area (Å²) in [6.07, 6.45) is -4.33. The van der Waals surface area contributed by atoms with Crippen molar-refractivity contribution in [2.24, 2.45) is 0 Å². The fourth-order valence-electron chi connectivity index (χ4n) is 2.85. The highest BCUT2D eigenvalue weighted by Crippen LogP contribution is 2.36. The first-order valence-electron chi connectivity index (χ1n) is 6.54. The Kier molecular flexibility index (Phi) is 2.34. The van der Waals surface area contributed by atoms with Gasteiger partial charge in [0.1, 0.15) is 0 Å². The molecule has 0 bridgehead atoms. The highest BCUT2D eigenvalue weighted by molar-refractivity contribution is 6.20. The molecule has 1 N–H and O–H groups in total. The third-order valence-electron chi connectivity index (χ3n) is 3.81. The fourth-order valence-corrected chi connectivity index (χ4v) is 2.85. The van der Waals surface area contributed by atoms with E-state index in [-0.39, 0.29) is 0 Å². The Morgan fingerprint density at radius 3 is 2.33 bits per heavy atom. The standard InChI is InChI=1S/C17H10F3N/c18-17(19,20)11-6-8-14-13(9-11)16-12-4-2-1-3-10(12)5-7-15(16)21-14/h1-9,21H. The van der Waals surface area contributed by atoms with Crippen molar-refractivity contribution in [3.05, 3.63) is 60.2 Å². The molecular formula is C17H10F3N. The topological polar surface area (TPSA) is 15.8 Å². The van der Waals surface area contributed by atoms with Crippen molar-refractivity contribution >= 4 is 32.6 Å². The first kappa shape index (κ1) is 12.3. The summed E-state index contributed by atoms with van der Waals surface area (Å²) in [5.41, 5.74) is 0.946. The molecule has 0 radical (unpaired) electrons. The molecule has 0 spiro atoms. The number of aromatic amines is 1. The summed E-state index contributed by atoms with van der Waals surface area (Å²) >= 11 is 0. The molecule has 4 heteroatoms. The Hall–Kier alpha value is -2.49. The van der Waals surface area contributed by atoms with E-state index in [9.17, 15) is 13.2 Å². The minimum absolute atomic E-state index is 0.608. The summed E-state index contributed by atoms with van der Waals surface area (Å²) in [7, 11) is 0. The first-order valence-corrected chi connectivity index (χ1v) is 6.54. The number of aromatic nitrogens is 1. The minimum atomic E-state index is -4.33. The summed E-state index contributed by atoms with van der Waals surface area (Å²) in [5, 5.41) is 3.43. The van der Waals surface area contributed by atoms with E-state index in [4.69, 9.17) is 0 Å². The van der Waals surface area contributed by atoms with E-state index >= 15 is 0 Å². The smallest absolute Gasteiger partial charge is 0.354 e. The van der Waals surface area contributed by atoms with Gasteiger partial charge in [0.05, 0.1) is 5.56 Å². The number of nitrogens with one attached hydrogen (secondary N) is 1. The Bertz CT molecular complexity index is 980. The van der Waals surface area contributed by atoms with Crippen LogP contribution in [0.1, 0.15) is 5.56 Å². The molecule has 0 unspecified atom stereocenters. The van der Waals surface area contributed by atoms with Gasteiger partial charge in [-0.2, -0.15) is 13.2 Å². The maximum atomic E-state index is 12.9. The normalized spacial score (nSPS) is 12.5. The highest BCUT2D eigenvalue weighted by Gasteiger charge is 2.30. The predicted octanol–water partition coefficient (Wildman–Crippen LogP) is 5.49. The Morgan fingerprint density at radius 1 is 0.762 bits per heavy atom. The lowest BCUT2D eigenvalue weighted by molar-refractivity contribution is -0.137. The van der Waals surface area contributed by atoms with E-state index in [1.165, 1.54) is 12.1 Å². The van der Waals surface area contributed by atoms with Crippen LogP contribution in [-0.2, 0) is 6.18 Å². The van der Waals surface area contributed by atoms with Crippen LogP contribution in [0.15, 0.2) is 54.6 Å². The maximum Gasteiger partial charge on any atom is 0.416 e. The van der Waals surface area contributed by atoms with Gasteiger partial charge in [-0.1, -0.05) is 30.3 Å². The van der Waals surface area contributed by atoms with Crippen LogP contribution in [0.4, 0.5) is 13.2 Å².